The minimum Gasteiger partial charge on any atom is -0.338 e. The van der Waals surface area contributed by atoms with Crippen molar-refractivity contribution in [3.8, 4) is 22.8 Å². The van der Waals surface area contributed by atoms with Gasteiger partial charge in [0.2, 0.25) is 0 Å². The fourth-order valence-electron chi connectivity index (χ4n) is 3.31. The van der Waals surface area contributed by atoms with Crippen LogP contribution >= 0.6 is 11.6 Å². The molecule has 0 spiro atoms. The van der Waals surface area contributed by atoms with Crippen LogP contribution in [0.5, 0.6) is 0 Å². The van der Waals surface area contributed by atoms with Gasteiger partial charge in [0.05, 0.1) is 22.1 Å². The lowest BCUT2D eigenvalue weighted by Crippen LogP contribution is -1.88. The van der Waals surface area contributed by atoms with Crippen LogP contribution in [-0.4, -0.2) is 19.9 Å². The van der Waals surface area contributed by atoms with Crippen molar-refractivity contribution in [2.24, 2.45) is 0 Å². The maximum atomic E-state index is 6.10. The van der Waals surface area contributed by atoms with E-state index in [2.05, 4.69) is 35.1 Å². The van der Waals surface area contributed by atoms with Gasteiger partial charge in [-0.05, 0) is 36.8 Å². The van der Waals surface area contributed by atoms with E-state index in [0.29, 0.717) is 5.02 Å². The summed E-state index contributed by atoms with van der Waals surface area (Å²) < 4.78 is 0. The number of imidazole rings is 2. The molecule has 0 saturated heterocycles. The number of nitrogens with one attached hydrogen (secondary N) is 2. The number of hydrogen-bond donors (Lipinski definition) is 2. The van der Waals surface area contributed by atoms with Crippen LogP contribution in [0.2, 0.25) is 5.02 Å². The van der Waals surface area contributed by atoms with E-state index in [-0.39, 0.29) is 0 Å². The number of benzene rings is 3. The third-order valence-corrected chi connectivity index (χ3v) is 4.83. The van der Waals surface area contributed by atoms with E-state index < -0.39 is 0 Å². The molecule has 2 aromatic heterocycles. The molecule has 0 bridgehead atoms. The normalized spacial score (nSPS) is 11.5. The predicted octanol–water partition coefficient (Wildman–Crippen LogP) is 5.74. The highest BCUT2D eigenvalue weighted by Gasteiger charge is 2.14. The first-order chi connectivity index (χ1) is 12.7. The molecule has 0 amide bonds. The molecule has 3 aromatic carbocycles. The van der Waals surface area contributed by atoms with Gasteiger partial charge < -0.3 is 9.97 Å². The number of rotatable bonds is 2. The number of halogens is 1. The quantitative estimate of drug-likeness (QED) is 0.423. The van der Waals surface area contributed by atoms with Crippen molar-refractivity contribution in [3.05, 3.63) is 71.2 Å². The SMILES string of the molecule is Cc1cccc2[nH]c(-c3ccccc3-c3nc4ccc(Cl)cc4[nH]3)nc12. The van der Waals surface area contributed by atoms with Crippen LogP contribution in [0.25, 0.3) is 44.8 Å². The first-order valence-corrected chi connectivity index (χ1v) is 8.77. The van der Waals surface area contributed by atoms with E-state index in [0.717, 1.165) is 50.4 Å². The Morgan fingerprint density at radius 3 is 2.27 bits per heavy atom. The third kappa shape index (κ3) is 2.38. The summed E-state index contributed by atoms with van der Waals surface area (Å²) in [6.45, 7) is 2.07. The number of aryl methyl sites for hydroxylation is 1. The molecule has 0 fully saturated rings. The van der Waals surface area contributed by atoms with Crippen molar-refractivity contribution in [1.29, 1.82) is 0 Å². The van der Waals surface area contributed by atoms with Crippen LogP contribution in [-0.2, 0) is 0 Å². The average molecular weight is 359 g/mol. The van der Waals surface area contributed by atoms with Crippen molar-refractivity contribution in [2.45, 2.75) is 6.92 Å². The zero-order chi connectivity index (χ0) is 17.7. The average Bonchev–Trinajstić information content (AvgIpc) is 3.26. The van der Waals surface area contributed by atoms with Gasteiger partial charge in [-0.2, -0.15) is 0 Å². The monoisotopic (exact) mass is 358 g/mol. The summed E-state index contributed by atoms with van der Waals surface area (Å²) in [6, 6.07) is 19.9. The van der Waals surface area contributed by atoms with Gasteiger partial charge in [0.1, 0.15) is 11.6 Å². The van der Waals surface area contributed by atoms with Crippen molar-refractivity contribution < 1.29 is 0 Å². The van der Waals surface area contributed by atoms with Gasteiger partial charge >= 0.3 is 0 Å². The van der Waals surface area contributed by atoms with Crippen molar-refractivity contribution in [3.63, 3.8) is 0 Å². The maximum absolute atomic E-state index is 6.10. The lowest BCUT2D eigenvalue weighted by Gasteiger charge is -2.04. The second-order valence-electron chi connectivity index (χ2n) is 6.35. The van der Waals surface area contributed by atoms with Gasteiger partial charge in [0.15, 0.2) is 0 Å². The molecule has 26 heavy (non-hydrogen) atoms. The van der Waals surface area contributed by atoms with Crippen molar-refractivity contribution >= 4 is 33.7 Å². The van der Waals surface area contributed by atoms with Gasteiger partial charge in [-0.3, -0.25) is 0 Å². The summed E-state index contributed by atoms with van der Waals surface area (Å²) >= 11 is 6.10. The Kier molecular flexibility index (Phi) is 3.33. The van der Waals surface area contributed by atoms with E-state index in [1.165, 1.54) is 0 Å². The zero-order valence-corrected chi connectivity index (χ0v) is 14.8. The molecule has 2 N–H and O–H groups in total. The molecule has 0 atom stereocenters. The number of aromatic amines is 2. The van der Waals surface area contributed by atoms with E-state index in [1.54, 1.807) is 0 Å². The van der Waals surface area contributed by atoms with Crippen molar-refractivity contribution in [1.82, 2.24) is 19.9 Å². The molecule has 0 saturated carbocycles. The Labute approximate surface area is 154 Å². The maximum Gasteiger partial charge on any atom is 0.139 e. The Hall–Kier alpha value is -3.11. The summed E-state index contributed by atoms with van der Waals surface area (Å²) in [5.74, 6) is 1.64. The zero-order valence-electron chi connectivity index (χ0n) is 14.0. The number of aromatic nitrogens is 4. The second kappa shape index (κ2) is 5.71. The summed E-state index contributed by atoms with van der Waals surface area (Å²) in [6.07, 6.45) is 0. The fourth-order valence-corrected chi connectivity index (χ4v) is 3.48. The molecule has 2 heterocycles. The fraction of sp³-hybridized carbons (Fsp3) is 0.0476. The lowest BCUT2D eigenvalue weighted by molar-refractivity contribution is 1.30. The molecule has 5 rings (SSSR count). The van der Waals surface area contributed by atoms with Gasteiger partial charge in [-0.25, -0.2) is 9.97 Å². The number of hydrogen-bond acceptors (Lipinski definition) is 2. The first kappa shape index (κ1) is 15.2. The number of para-hydroxylation sites is 1. The second-order valence-corrected chi connectivity index (χ2v) is 6.79. The van der Waals surface area contributed by atoms with Gasteiger partial charge in [-0.15, -0.1) is 0 Å². The van der Waals surface area contributed by atoms with E-state index >= 15 is 0 Å². The molecule has 0 aliphatic carbocycles. The summed E-state index contributed by atoms with van der Waals surface area (Å²) in [4.78, 5) is 16.3. The Morgan fingerprint density at radius 1 is 0.769 bits per heavy atom. The lowest BCUT2D eigenvalue weighted by atomic mass is 10.1. The highest BCUT2D eigenvalue weighted by Crippen LogP contribution is 2.32. The molecule has 0 aliphatic rings. The van der Waals surface area contributed by atoms with Crippen LogP contribution in [0.15, 0.2) is 60.7 Å². The van der Waals surface area contributed by atoms with Crippen LogP contribution in [0.3, 0.4) is 0 Å². The summed E-state index contributed by atoms with van der Waals surface area (Å²) in [7, 11) is 0. The smallest absolute Gasteiger partial charge is 0.139 e. The van der Waals surface area contributed by atoms with Crippen molar-refractivity contribution in [2.75, 3.05) is 0 Å². The molecule has 0 unspecified atom stereocenters. The topological polar surface area (TPSA) is 57.4 Å². The Bertz CT molecular complexity index is 1270. The van der Waals surface area contributed by atoms with Crippen LogP contribution in [0.1, 0.15) is 5.56 Å². The predicted molar refractivity (Wildman–Crippen MR) is 106 cm³/mol. The highest BCUT2D eigenvalue weighted by atomic mass is 35.5. The van der Waals surface area contributed by atoms with Gasteiger partial charge in [0, 0.05) is 16.1 Å². The molecule has 126 valence electrons. The van der Waals surface area contributed by atoms with Gasteiger partial charge in [0.25, 0.3) is 0 Å². The third-order valence-electron chi connectivity index (χ3n) is 4.60. The first-order valence-electron chi connectivity index (χ1n) is 8.39. The molecule has 0 radical (unpaired) electrons. The molecular weight excluding hydrogens is 344 g/mol. The summed E-state index contributed by atoms with van der Waals surface area (Å²) in [5, 5.41) is 0.689. The van der Waals surface area contributed by atoms with Crippen LogP contribution in [0, 0.1) is 6.92 Å². The minimum atomic E-state index is 0.689. The number of nitrogens with zero attached hydrogens (tertiary/aromatic N) is 2. The number of fused-ring (bicyclic) bond motifs is 2. The standard InChI is InChI=1S/C21H15ClN4/c1-12-5-4-8-17-19(12)26-21(24-17)15-7-3-2-6-14(15)20-23-16-10-9-13(22)11-18(16)25-20/h2-11H,1H3,(H,23,25)(H,24,26). The minimum absolute atomic E-state index is 0.689. The van der Waals surface area contributed by atoms with Gasteiger partial charge in [-0.1, -0.05) is 48.0 Å². The Morgan fingerprint density at radius 2 is 1.50 bits per heavy atom. The Balaban J connectivity index is 1.71. The molecule has 5 aromatic rings. The van der Waals surface area contributed by atoms with Crippen LogP contribution in [0.4, 0.5) is 0 Å². The van der Waals surface area contributed by atoms with E-state index in [1.807, 2.05) is 42.5 Å². The van der Waals surface area contributed by atoms with E-state index in [4.69, 9.17) is 21.6 Å². The highest BCUT2D eigenvalue weighted by molar-refractivity contribution is 6.31. The molecular formula is C21H15ClN4. The van der Waals surface area contributed by atoms with E-state index in [9.17, 15) is 0 Å². The molecule has 5 heteroatoms. The largest absolute Gasteiger partial charge is 0.338 e. The summed E-state index contributed by atoms with van der Waals surface area (Å²) in [5.41, 5.74) is 6.99. The van der Waals surface area contributed by atoms with Crippen LogP contribution < -0.4 is 0 Å². The molecule has 0 aliphatic heterocycles. The number of H-pyrrole nitrogens is 2. The molecule has 4 nitrogen and oxygen atoms in total.